The largest absolute Gasteiger partial charge is 0.445 e. The molecule has 1 fully saturated rings. The van der Waals surface area contributed by atoms with Crippen LogP contribution in [-0.4, -0.2) is 47.5 Å². The number of morpholine rings is 1. The lowest BCUT2D eigenvalue weighted by Gasteiger charge is -2.42. The van der Waals surface area contributed by atoms with Crippen molar-refractivity contribution in [1.29, 1.82) is 0 Å². The van der Waals surface area contributed by atoms with Crippen molar-refractivity contribution >= 4 is 6.09 Å². The van der Waals surface area contributed by atoms with E-state index in [0.717, 1.165) is 5.56 Å². The Kier molecular flexibility index (Phi) is 5.20. The van der Waals surface area contributed by atoms with Crippen LogP contribution in [0.2, 0.25) is 0 Å². The van der Waals surface area contributed by atoms with E-state index in [1.54, 1.807) is 4.90 Å². The van der Waals surface area contributed by atoms with Crippen LogP contribution in [0.15, 0.2) is 30.3 Å². The molecule has 1 saturated heterocycles. The van der Waals surface area contributed by atoms with E-state index in [9.17, 15) is 4.79 Å². The number of ether oxygens (including phenoxy) is 2. The molecule has 1 unspecified atom stereocenters. The van der Waals surface area contributed by atoms with Crippen molar-refractivity contribution in [1.82, 2.24) is 4.90 Å². The van der Waals surface area contributed by atoms with Gasteiger partial charge in [0.1, 0.15) is 6.61 Å². The summed E-state index contributed by atoms with van der Waals surface area (Å²) < 4.78 is 11.2. The van der Waals surface area contributed by atoms with E-state index in [1.165, 1.54) is 0 Å². The van der Waals surface area contributed by atoms with Gasteiger partial charge in [-0.3, -0.25) is 0 Å². The molecule has 2 rings (SSSR count). The van der Waals surface area contributed by atoms with Gasteiger partial charge in [-0.05, 0) is 25.8 Å². The van der Waals surface area contributed by atoms with E-state index in [0.29, 0.717) is 19.5 Å². The second-order valence-corrected chi connectivity index (χ2v) is 5.93. The summed E-state index contributed by atoms with van der Waals surface area (Å²) in [7, 11) is 0. The molecule has 1 atom stereocenters. The minimum atomic E-state index is -0.427. The van der Waals surface area contributed by atoms with Gasteiger partial charge in [0.2, 0.25) is 0 Å². The average molecular weight is 293 g/mol. The van der Waals surface area contributed by atoms with Crippen LogP contribution < -0.4 is 0 Å². The lowest BCUT2D eigenvalue weighted by atomic mass is 10.0. The third kappa shape index (κ3) is 4.72. The van der Waals surface area contributed by atoms with Crippen molar-refractivity contribution in [3.05, 3.63) is 35.9 Å². The molecule has 1 heterocycles. The molecular weight excluding hydrogens is 270 g/mol. The molecule has 0 aromatic heterocycles. The van der Waals surface area contributed by atoms with Crippen LogP contribution >= 0.6 is 0 Å². The standard InChI is InChI=1S/C16H23NO4/c1-16(2)12-17(10-14(21-16)8-9-18)15(19)20-11-13-6-4-3-5-7-13/h3-7,14,18H,8-12H2,1-2H3. The Morgan fingerprint density at radius 3 is 2.81 bits per heavy atom. The van der Waals surface area contributed by atoms with Gasteiger partial charge in [-0.1, -0.05) is 30.3 Å². The van der Waals surface area contributed by atoms with Gasteiger partial charge < -0.3 is 19.5 Å². The number of amides is 1. The number of aliphatic hydroxyl groups is 1. The highest BCUT2D eigenvalue weighted by atomic mass is 16.6. The zero-order valence-corrected chi connectivity index (χ0v) is 12.6. The van der Waals surface area contributed by atoms with Gasteiger partial charge in [0.15, 0.2) is 0 Å². The molecule has 0 radical (unpaired) electrons. The predicted octanol–water partition coefficient (Wildman–Crippen LogP) is 2.19. The molecule has 0 spiro atoms. The molecule has 5 nitrogen and oxygen atoms in total. The Morgan fingerprint density at radius 1 is 1.43 bits per heavy atom. The maximum absolute atomic E-state index is 12.2. The van der Waals surface area contributed by atoms with E-state index < -0.39 is 5.60 Å². The van der Waals surface area contributed by atoms with Gasteiger partial charge in [0.05, 0.1) is 24.8 Å². The second kappa shape index (κ2) is 6.91. The zero-order chi connectivity index (χ0) is 15.3. The van der Waals surface area contributed by atoms with Crippen LogP contribution in [0.4, 0.5) is 4.79 Å². The van der Waals surface area contributed by atoms with Gasteiger partial charge >= 0.3 is 6.09 Å². The fourth-order valence-electron chi connectivity index (χ4n) is 2.54. The van der Waals surface area contributed by atoms with Crippen molar-refractivity contribution in [2.24, 2.45) is 0 Å². The minimum Gasteiger partial charge on any atom is -0.445 e. The predicted molar refractivity (Wildman–Crippen MR) is 78.9 cm³/mol. The number of hydrogen-bond donors (Lipinski definition) is 1. The third-order valence-electron chi connectivity index (χ3n) is 3.40. The number of hydrogen-bond acceptors (Lipinski definition) is 4. The summed E-state index contributed by atoms with van der Waals surface area (Å²) in [6.45, 7) is 5.14. The van der Waals surface area contributed by atoms with Gasteiger partial charge in [-0.25, -0.2) is 4.79 Å². The highest BCUT2D eigenvalue weighted by Crippen LogP contribution is 2.23. The topological polar surface area (TPSA) is 59.0 Å². The van der Waals surface area contributed by atoms with E-state index in [2.05, 4.69) is 0 Å². The first-order valence-electron chi connectivity index (χ1n) is 7.24. The number of carbonyl (C=O) groups excluding carboxylic acids is 1. The van der Waals surface area contributed by atoms with Gasteiger partial charge in [-0.2, -0.15) is 0 Å². The first-order valence-corrected chi connectivity index (χ1v) is 7.24. The van der Waals surface area contributed by atoms with Crippen LogP contribution in [0.3, 0.4) is 0 Å². The smallest absolute Gasteiger partial charge is 0.410 e. The summed E-state index contributed by atoms with van der Waals surface area (Å²) in [5.74, 6) is 0. The highest BCUT2D eigenvalue weighted by Gasteiger charge is 2.35. The molecule has 5 heteroatoms. The molecule has 1 aliphatic heterocycles. The van der Waals surface area contributed by atoms with Crippen LogP contribution in [0.1, 0.15) is 25.8 Å². The van der Waals surface area contributed by atoms with E-state index >= 15 is 0 Å². The van der Waals surface area contributed by atoms with Gasteiger partial charge in [-0.15, -0.1) is 0 Å². The third-order valence-corrected chi connectivity index (χ3v) is 3.40. The van der Waals surface area contributed by atoms with Crippen LogP contribution in [0.5, 0.6) is 0 Å². The molecule has 1 aliphatic rings. The number of aliphatic hydroxyl groups excluding tert-OH is 1. The maximum Gasteiger partial charge on any atom is 0.410 e. The summed E-state index contributed by atoms with van der Waals surface area (Å²) in [4.78, 5) is 13.9. The molecular formula is C16H23NO4. The zero-order valence-electron chi connectivity index (χ0n) is 12.6. The lowest BCUT2D eigenvalue weighted by Crippen LogP contribution is -2.54. The van der Waals surface area contributed by atoms with Crippen LogP contribution in [0.25, 0.3) is 0 Å². The minimum absolute atomic E-state index is 0.0493. The SMILES string of the molecule is CC1(C)CN(C(=O)OCc2ccccc2)CC(CCO)O1. The maximum atomic E-state index is 12.2. The molecule has 0 saturated carbocycles. The number of rotatable bonds is 4. The highest BCUT2D eigenvalue weighted by molar-refractivity contribution is 5.68. The fourth-order valence-corrected chi connectivity index (χ4v) is 2.54. The van der Waals surface area contributed by atoms with Crippen LogP contribution in [0, 0.1) is 0 Å². The van der Waals surface area contributed by atoms with Gasteiger partial charge in [0.25, 0.3) is 0 Å². The Hall–Kier alpha value is -1.59. The molecule has 1 amide bonds. The molecule has 116 valence electrons. The summed E-state index contributed by atoms with van der Waals surface area (Å²) in [5.41, 5.74) is 0.536. The number of nitrogens with zero attached hydrogens (tertiary/aromatic N) is 1. The van der Waals surface area contributed by atoms with Crippen molar-refractivity contribution in [3.63, 3.8) is 0 Å². The van der Waals surface area contributed by atoms with Crippen molar-refractivity contribution < 1.29 is 19.4 Å². The van der Waals surface area contributed by atoms with Crippen LogP contribution in [-0.2, 0) is 16.1 Å². The average Bonchev–Trinajstić information content (AvgIpc) is 2.44. The summed E-state index contributed by atoms with van der Waals surface area (Å²) in [6, 6.07) is 9.60. The normalized spacial score (nSPS) is 21.1. The summed E-state index contributed by atoms with van der Waals surface area (Å²) in [6.07, 6.45) is 0.0347. The molecule has 0 bridgehead atoms. The van der Waals surface area contributed by atoms with Gasteiger partial charge in [0, 0.05) is 6.61 Å². The molecule has 1 aromatic carbocycles. The van der Waals surface area contributed by atoms with Crippen molar-refractivity contribution in [2.75, 3.05) is 19.7 Å². The molecule has 0 aliphatic carbocycles. The Bertz CT molecular complexity index is 461. The Balaban J connectivity index is 1.91. The summed E-state index contributed by atoms with van der Waals surface area (Å²) in [5, 5.41) is 9.05. The number of benzene rings is 1. The summed E-state index contributed by atoms with van der Waals surface area (Å²) >= 11 is 0. The molecule has 1 N–H and O–H groups in total. The Labute approximate surface area is 125 Å². The number of carbonyl (C=O) groups is 1. The first kappa shape index (κ1) is 15.8. The lowest BCUT2D eigenvalue weighted by molar-refractivity contribution is -0.135. The van der Waals surface area contributed by atoms with E-state index in [4.69, 9.17) is 14.6 Å². The van der Waals surface area contributed by atoms with Crippen molar-refractivity contribution in [3.8, 4) is 0 Å². The fraction of sp³-hybridized carbons (Fsp3) is 0.562. The Morgan fingerprint density at radius 2 is 2.14 bits per heavy atom. The van der Waals surface area contributed by atoms with E-state index in [-0.39, 0.29) is 25.4 Å². The molecule has 1 aromatic rings. The van der Waals surface area contributed by atoms with Crippen molar-refractivity contribution in [2.45, 2.75) is 38.6 Å². The van der Waals surface area contributed by atoms with E-state index in [1.807, 2.05) is 44.2 Å². The second-order valence-electron chi connectivity index (χ2n) is 5.93. The first-order chi connectivity index (χ1) is 10.00. The molecule has 21 heavy (non-hydrogen) atoms. The quantitative estimate of drug-likeness (QED) is 0.924. The monoisotopic (exact) mass is 293 g/mol.